The van der Waals surface area contributed by atoms with Crippen LogP contribution in [0.3, 0.4) is 0 Å². The first-order valence-electron chi connectivity index (χ1n) is 15.0. The van der Waals surface area contributed by atoms with Gasteiger partial charge in [0.1, 0.15) is 12.3 Å². The third-order valence-electron chi connectivity index (χ3n) is 8.05. The second-order valence-corrected chi connectivity index (χ2v) is 13.1. The number of hydrogen-bond acceptors (Lipinski definition) is 10. The minimum atomic E-state index is -0.710. The summed E-state index contributed by atoms with van der Waals surface area (Å²) in [4.78, 5) is 48.4. The number of benzene rings is 3. The molecular formula is C33H29Cl2N7O4S. The van der Waals surface area contributed by atoms with E-state index in [1.54, 1.807) is 33.9 Å². The number of carbonyl (C=O) groups excluding carboxylic acids is 1. The minimum absolute atomic E-state index is 0.161. The van der Waals surface area contributed by atoms with E-state index in [-0.39, 0.29) is 18.1 Å². The van der Waals surface area contributed by atoms with Crippen LogP contribution in [0.5, 0.6) is 0 Å². The second kappa shape index (κ2) is 13.3. The van der Waals surface area contributed by atoms with Crippen LogP contribution in [0.4, 0.5) is 16.4 Å². The van der Waals surface area contributed by atoms with Crippen molar-refractivity contribution in [2.75, 3.05) is 18.4 Å². The molecular weight excluding hydrogens is 661 g/mol. The van der Waals surface area contributed by atoms with Gasteiger partial charge in [-0.1, -0.05) is 59.6 Å². The number of thiazole rings is 1. The fourth-order valence-electron chi connectivity index (χ4n) is 5.78. The largest absolute Gasteiger partial charge is 0.528 e. The number of rotatable bonds is 8. The standard InChI is InChI=1S/C33H29Cl2N7O4S/c1-41-29-24(38-32(41)39-28-21(34)10-5-11-22(28)35)13-12-23-27(29)31(43)40-30(37-23)25-18-47-26(36-25)15-20-9-6-14-42(16-20)46-33(44)45-17-19-7-3-2-4-8-19/h2-5,7-8,10-13,18,20H,6,9,14-17H2,1H3,(H,38,39)(H,37,40,43). The summed E-state index contributed by atoms with van der Waals surface area (Å²) in [7, 11) is 1.81. The van der Waals surface area contributed by atoms with E-state index in [4.69, 9.17) is 42.7 Å². The Hall–Kier alpha value is -4.49. The van der Waals surface area contributed by atoms with E-state index < -0.39 is 6.16 Å². The molecule has 1 unspecified atom stereocenters. The average Bonchev–Trinajstić information content (AvgIpc) is 3.66. The molecule has 1 atom stereocenters. The van der Waals surface area contributed by atoms with Crippen molar-refractivity contribution in [2.24, 2.45) is 13.0 Å². The molecule has 0 radical (unpaired) electrons. The van der Waals surface area contributed by atoms with Crippen LogP contribution >= 0.6 is 34.5 Å². The van der Waals surface area contributed by atoms with Crippen molar-refractivity contribution in [3.05, 3.63) is 97.0 Å². The molecule has 14 heteroatoms. The molecule has 0 aliphatic carbocycles. The van der Waals surface area contributed by atoms with Gasteiger partial charge in [0.25, 0.3) is 5.56 Å². The van der Waals surface area contributed by atoms with Gasteiger partial charge in [0.15, 0.2) is 5.82 Å². The Bertz CT molecular complexity index is 2130. The number of nitrogens with zero attached hydrogens (tertiary/aromatic N) is 5. The van der Waals surface area contributed by atoms with E-state index in [0.717, 1.165) is 23.4 Å². The number of fused-ring (bicyclic) bond motifs is 3. The number of para-hydroxylation sites is 1. The number of halogens is 2. The fraction of sp³-hybridized carbons (Fsp3) is 0.242. The number of carbonyl (C=O) groups is 1. The molecule has 3 aromatic carbocycles. The summed E-state index contributed by atoms with van der Waals surface area (Å²) in [6, 6.07) is 18.3. The Morgan fingerprint density at radius 2 is 1.83 bits per heavy atom. The number of imidazole rings is 1. The Labute approximate surface area is 283 Å². The molecule has 3 aromatic heterocycles. The van der Waals surface area contributed by atoms with Gasteiger partial charge in [-0.2, -0.15) is 0 Å². The van der Waals surface area contributed by atoms with Gasteiger partial charge in [0, 0.05) is 31.9 Å². The number of anilines is 2. The summed E-state index contributed by atoms with van der Waals surface area (Å²) in [6.45, 7) is 1.39. The number of H-pyrrole nitrogens is 1. The highest BCUT2D eigenvalue weighted by Crippen LogP contribution is 2.34. The molecule has 1 aliphatic heterocycles. The molecule has 1 saturated heterocycles. The van der Waals surface area contributed by atoms with Gasteiger partial charge in [-0.05, 0) is 48.6 Å². The molecule has 240 valence electrons. The highest BCUT2D eigenvalue weighted by atomic mass is 35.5. The van der Waals surface area contributed by atoms with Crippen LogP contribution in [0.1, 0.15) is 23.4 Å². The summed E-state index contributed by atoms with van der Waals surface area (Å²) in [6.07, 6.45) is 1.87. The maximum absolute atomic E-state index is 13.5. The lowest BCUT2D eigenvalue weighted by atomic mass is 9.96. The number of hydrogen-bond donors (Lipinski definition) is 2. The monoisotopic (exact) mass is 689 g/mol. The highest BCUT2D eigenvalue weighted by molar-refractivity contribution is 7.09. The van der Waals surface area contributed by atoms with Crippen molar-refractivity contribution in [2.45, 2.75) is 25.9 Å². The molecule has 47 heavy (non-hydrogen) atoms. The van der Waals surface area contributed by atoms with Crippen molar-refractivity contribution in [1.29, 1.82) is 0 Å². The summed E-state index contributed by atoms with van der Waals surface area (Å²) in [5.41, 5.74) is 3.50. The normalized spacial score (nSPS) is 15.3. The number of aryl methyl sites for hydroxylation is 1. The third-order valence-corrected chi connectivity index (χ3v) is 9.55. The minimum Gasteiger partial charge on any atom is -0.428 e. The van der Waals surface area contributed by atoms with Gasteiger partial charge in [0.05, 0.1) is 42.7 Å². The second-order valence-electron chi connectivity index (χ2n) is 11.3. The predicted molar refractivity (Wildman–Crippen MR) is 183 cm³/mol. The van der Waals surface area contributed by atoms with Gasteiger partial charge < -0.3 is 24.4 Å². The summed E-state index contributed by atoms with van der Waals surface area (Å²) in [5.74, 6) is 1.11. The number of ether oxygens (including phenoxy) is 1. The van der Waals surface area contributed by atoms with Crippen molar-refractivity contribution < 1.29 is 14.4 Å². The Kier molecular flexibility index (Phi) is 8.82. The molecule has 6 aromatic rings. The topological polar surface area (TPSA) is 127 Å². The molecule has 0 bridgehead atoms. The first-order valence-corrected chi connectivity index (χ1v) is 16.6. The number of aromatic nitrogens is 5. The van der Waals surface area contributed by atoms with Gasteiger partial charge >= 0.3 is 6.16 Å². The molecule has 1 fully saturated rings. The predicted octanol–water partition coefficient (Wildman–Crippen LogP) is 7.51. The average molecular weight is 691 g/mol. The van der Waals surface area contributed by atoms with Crippen LogP contribution in [0.2, 0.25) is 10.0 Å². The van der Waals surface area contributed by atoms with Crippen molar-refractivity contribution in [3.8, 4) is 11.5 Å². The van der Waals surface area contributed by atoms with Crippen LogP contribution in [0, 0.1) is 5.92 Å². The number of hydroxylamine groups is 2. The number of piperidine rings is 1. The van der Waals surface area contributed by atoms with Crippen molar-refractivity contribution in [3.63, 3.8) is 0 Å². The van der Waals surface area contributed by atoms with E-state index in [0.29, 0.717) is 74.6 Å². The fourth-order valence-corrected chi connectivity index (χ4v) is 7.16. The quantitative estimate of drug-likeness (QED) is 0.156. The molecule has 0 amide bonds. The third kappa shape index (κ3) is 6.68. The highest BCUT2D eigenvalue weighted by Gasteiger charge is 2.25. The van der Waals surface area contributed by atoms with Crippen LogP contribution in [0.15, 0.2) is 70.8 Å². The molecule has 2 N–H and O–H groups in total. The Balaban J connectivity index is 1.05. The van der Waals surface area contributed by atoms with E-state index in [1.165, 1.54) is 11.3 Å². The first kappa shape index (κ1) is 31.1. The summed E-state index contributed by atoms with van der Waals surface area (Å²) >= 11 is 14.2. The summed E-state index contributed by atoms with van der Waals surface area (Å²) in [5, 5.41) is 9.00. The van der Waals surface area contributed by atoms with E-state index in [1.807, 2.05) is 48.8 Å². The number of nitrogens with one attached hydrogen (secondary N) is 2. The molecule has 0 saturated carbocycles. The van der Waals surface area contributed by atoms with Crippen LogP contribution in [-0.2, 0) is 29.6 Å². The Morgan fingerprint density at radius 3 is 2.64 bits per heavy atom. The lowest BCUT2D eigenvalue weighted by molar-refractivity contribution is -0.148. The molecule has 11 nitrogen and oxygen atoms in total. The molecule has 7 rings (SSSR count). The lowest BCUT2D eigenvalue weighted by Crippen LogP contribution is -2.38. The zero-order valence-electron chi connectivity index (χ0n) is 25.2. The lowest BCUT2D eigenvalue weighted by Gasteiger charge is -2.30. The van der Waals surface area contributed by atoms with Gasteiger partial charge in [-0.25, -0.2) is 19.7 Å². The van der Waals surface area contributed by atoms with Crippen LogP contribution in [0.25, 0.3) is 33.5 Å². The number of aromatic amines is 1. The first-order chi connectivity index (χ1) is 22.8. The van der Waals surface area contributed by atoms with E-state index in [9.17, 15) is 9.59 Å². The van der Waals surface area contributed by atoms with E-state index in [2.05, 4.69) is 15.3 Å². The maximum atomic E-state index is 13.5. The van der Waals surface area contributed by atoms with Crippen LogP contribution < -0.4 is 10.9 Å². The zero-order chi connectivity index (χ0) is 32.5. The molecule has 0 spiro atoms. The van der Waals surface area contributed by atoms with Crippen molar-refractivity contribution in [1.82, 2.24) is 29.6 Å². The van der Waals surface area contributed by atoms with E-state index >= 15 is 0 Å². The SMILES string of the molecule is Cn1c(Nc2c(Cl)cccc2Cl)nc2ccc3nc(-c4csc(CC5CCCN(OC(=O)OCc6ccccc6)C5)n4)[nH]c(=O)c3c21. The van der Waals surface area contributed by atoms with Gasteiger partial charge in [0.2, 0.25) is 5.95 Å². The zero-order valence-corrected chi connectivity index (χ0v) is 27.5. The molecule has 1 aliphatic rings. The smallest absolute Gasteiger partial charge is 0.428 e. The maximum Gasteiger partial charge on any atom is 0.528 e. The summed E-state index contributed by atoms with van der Waals surface area (Å²) < 4.78 is 7.06. The molecule has 4 heterocycles. The van der Waals surface area contributed by atoms with Crippen molar-refractivity contribution >= 4 is 74.3 Å². The van der Waals surface area contributed by atoms with Crippen LogP contribution in [-0.4, -0.2) is 48.8 Å². The van der Waals surface area contributed by atoms with Gasteiger partial charge in [-0.3, -0.25) is 4.79 Å². The Morgan fingerprint density at radius 1 is 1.04 bits per heavy atom. The van der Waals surface area contributed by atoms with Gasteiger partial charge in [-0.15, -0.1) is 16.4 Å².